The van der Waals surface area contributed by atoms with Crippen LogP contribution in [0, 0.1) is 11.8 Å². The third-order valence-electron chi connectivity index (χ3n) is 2.31. The summed E-state index contributed by atoms with van der Waals surface area (Å²) in [6, 6.07) is 9.56. The highest BCUT2D eigenvalue weighted by molar-refractivity contribution is 5.88. The molecule has 1 aromatic rings. The minimum atomic E-state index is -0.624. The van der Waals surface area contributed by atoms with Crippen molar-refractivity contribution in [2.45, 2.75) is 13.5 Å². The van der Waals surface area contributed by atoms with Crippen molar-refractivity contribution < 1.29 is 19.1 Å². The van der Waals surface area contributed by atoms with E-state index < -0.39 is 12.1 Å². The van der Waals surface area contributed by atoms with Crippen LogP contribution < -0.4 is 0 Å². The maximum absolute atomic E-state index is 11.6. The average molecular weight is 275 g/mol. The van der Waals surface area contributed by atoms with Gasteiger partial charge < -0.3 is 14.4 Å². The molecule has 0 unspecified atom stereocenters. The Kier molecular flexibility index (Phi) is 6.69. The Balaban J connectivity index is 2.34. The molecule has 5 nitrogen and oxygen atoms in total. The van der Waals surface area contributed by atoms with E-state index >= 15 is 0 Å². The summed E-state index contributed by atoms with van der Waals surface area (Å²) in [7, 11) is 1.63. The van der Waals surface area contributed by atoms with E-state index in [4.69, 9.17) is 4.74 Å². The van der Waals surface area contributed by atoms with Crippen molar-refractivity contribution in [2.75, 3.05) is 20.3 Å². The van der Waals surface area contributed by atoms with Crippen LogP contribution in [0.2, 0.25) is 0 Å². The summed E-state index contributed by atoms with van der Waals surface area (Å²) in [5.41, 5.74) is 1.00. The monoisotopic (exact) mass is 275 g/mol. The Morgan fingerprint density at radius 1 is 1.20 bits per heavy atom. The van der Waals surface area contributed by atoms with E-state index in [0.29, 0.717) is 6.54 Å². The first-order chi connectivity index (χ1) is 9.63. The average Bonchev–Trinajstić information content (AvgIpc) is 2.44. The van der Waals surface area contributed by atoms with Gasteiger partial charge in [0.25, 0.3) is 0 Å². The number of carbonyl (C=O) groups excluding carboxylic acids is 2. The zero-order valence-electron chi connectivity index (χ0n) is 11.6. The number of rotatable bonds is 4. The molecule has 0 atom stereocenters. The number of nitrogens with zero attached hydrogens (tertiary/aromatic N) is 1. The lowest BCUT2D eigenvalue weighted by molar-refractivity contribution is -0.136. The van der Waals surface area contributed by atoms with Crippen LogP contribution in [0.5, 0.6) is 0 Å². The van der Waals surface area contributed by atoms with Crippen LogP contribution in [-0.2, 0) is 20.8 Å². The molecule has 0 aromatic heterocycles. The van der Waals surface area contributed by atoms with Gasteiger partial charge in [0.1, 0.15) is 0 Å². The lowest BCUT2D eigenvalue weighted by Crippen LogP contribution is -2.27. The minimum Gasteiger partial charge on any atom is -0.456 e. The smallest absolute Gasteiger partial charge is 0.410 e. The molecule has 1 aromatic carbocycles. The van der Waals surface area contributed by atoms with E-state index in [1.807, 2.05) is 30.3 Å². The molecule has 0 bridgehead atoms. The van der Waals surface area contributed by atoms with Crippen molar-refractivity contribution in [3.05, 3.63) is 35.9 Å². The highest BCUT2D eigenvalue weighted by atomic mass is 16.6. The summed E-state index contributed by atoms with van der Waals surface area (Å²) in [5, 5.41) is 0. The van der Waals surface area contributed by atoms with Crippen molar-refractivity contribution >= 4 is 12.1 Å². The van der Waals surface area contributed by atoms with Crippen LogP contribution in [0.1, 0.15) is 12.5 Å². The van der Waals surface area contributed by atoms with Crippen molar-refractivity contribution in [1.29, 1.82) is 0 Å². The van der Waals surface area contributed by atoms with Gasteiger partial charge in [0.05, 0.1) is 6.61 Å². The number of hydrogen-bond acceptors (Lipinski definition) is 4. The standard InChI is InChI=1S/C15H17NO4/c1-3-19-14(17)10-7-11-20-15(18)16(2)12-13-8-5-4-6-9-13/h4-6,8-9H,3,11-12H2,1-2H3. The van der Waals surface area contributed by atoms with Crippen LogP contribution >= 0.6 is 0 Å². The molecular formula is C15H17NO4. The molecule has 0 saturated carbocycles. The summed E-state index contributed by atoms with van der Waals surface area (Å²) >= 11 is 0. The molecule has 0 spiro atoms. The van der Waals surface area contributed by atoms with Crippen LogP contribution in [0.3, 0.4) is 0 Å². The number of amides is 1. The van der Waals surface area contributed by atoms with Crippen molar-refractivity contribution in [2.24, 2.45) is 0 Å². The molecule has 0 aliphatic heterocycles. The Bertz CT molecular complexity index is 502. The fourth-order valence-corrected chi connectivity index (χ4v) is 1.41. The maximum Gasteiger partial charge on any atom is 0.410 e. The number of ether oxygens (including phenoxy) is 2. The first-order valence-corrected chi connectivity index (χ1v) is 6.21. The van der Waals surface area contributed by atoms with Gasteiger partial charge in [-0.15, -0.1) is 0 Å². The number of hydrogen-bond donors (Lipinski definition) is 0. The Morgan fingerprint density at radius 2 is 1.90 bits per heavy atom. The molecule has 0 fully saturated rings. The van der Waals surface area contributed by atoms with E-state index in [2.05, 4.69) is 16.6 Å². The zero-order valence-corrected chi connectivity index (χ0v) is 11.6. The second-order valence-electron chi connectivity index (χ2n) is 3.92. The SMILES string of the molecule is CCOC(=O)C#CCOC(=O)N(C)Cc1ccccc1. The largest absolute Gasteiger partial charge is 0.456 e. The molecule has 5 heteroatoms. The maximum atomic E-state index is 11.6. The van der Waals surface area contributed by atoms with E-state index in [9.17, 15) is 9.59 Å². The number of carbonyl (C=O) groups is 2. The summed E-state index contributed by atoms with van der Waals surface area (Å²) in [4.78, 5) is 24.0. The van der Waals surface area contributed by atoms with Crippen LogP contribution in [0.25, 0.3) is 0 Å². The molecule has 106 valence electrons. The van der Waals surface area contributed by atoms with Crippen LogP contribution in [0.15, 0.2) is 30.3 Å². The van der Waals surface area contributed by atoms with Gasteiger partial charge in [-0.2, -0.15) is 0 Å². The second kappa shape index (κ2) is 8.59. The van der Waals surface area contributed by atoms with Crippen molar-refractivity contribution in [1.82, 2.24) is 4.90 Å². The summed E-state index contributed by atoms with van der Waals surface area (Å²) in [6.45, 7) is 2.27. The van der Waals surface area contributed by atoms with Gasteiger partial charge in [0, 0.05) is 19.5 Å². The molecule has 0 N–H and O–H groups in total. The van der Waals surface area contributed by atoms with Crippen LogP contribution in [-0.4, -0.2) is 37.2 Å². The van der Waals surface area contributed by atoms with Gasteiger partial charge >= 0.3 is 12.1 Å². The lowest BCUT2D eigenvalue weighted by Gasteiger charge is -2.15. The van der Waals surface area contributed by atoms with Crippen molar-refractivity contribution in [3.63, 3.8) is 0 Å². The molecule has 0 radical (unpaired) electrons. The van der Waals surface area contributed by atoms with Gasteiger partial charge in [-0.25, -0.2) is 9.59 Å². The normalized spacial score (nSPS) is 9.10. The predicted molar refractivity (Wildman–Crippen MR) is 73.7 cm³/mol. The first-order valence-electron chi connectivity index (χ1n) is 6.21. The van der Waals surface area contributed by atoms with Crippen molar-refractivity contribution in [3.8, 4) is 11.8 Å². The third-order valence-corrected chi connectivity index (χ3v) is 2.31. The van der Waals surface area contributed by atoms with E-state index in [1.165, 1.54) is 4.90 Å². The molecule has 1 amide bonds. The van der Waals surface area contributed by atoms with E-state index in [0.717, 1.165) is 5.56 Å². The van der Waals surface area contributed by atoms with E-state index in [1.54, 1.807) is 14.0 Å². The predicted octanol–water partition coefficient (Wildman–Crippen LogP) is 1.82. The summed E-state index contributed by atoms with van der Waals surface area (Å²) in [5.74, 6) is 4.02. The molecule has 20 heavy (non-hydrogen) atoms. The number of benzene rings is 1. The second-order valence-corrected chi connectivity index (χ2v) is 3.92. The first kappa shape index (κ1) is 15.6. The van der Waals surface area contributed by atoms with Gasteiger partial charge in [-0.1, -0.05) is 30.3 Å². The van der Waals surface area contributed by atoms with Gasteiger partial charge in [-0.05, 0) is 18.4 Å². The molecule has 0 aliphatic rings. The quantitative estimate of drug-likeness (QED) is 0.478. The topological polar surface area (TPSA) is 55.8 Å². The Morgan fingerprint density at radius 3 is 2.55 bits per heavy atom. The summed E-state index contributed by atoms with van der Waals surface area (Å²) < 4.78 is 9.52. The molecule has 1 rings (SSSR count). The molecule has 0 saturated heterocycles. The fraction of sp³-hybridized carbons (Fsp3) is 0.333. The Labute approximate surface area is 118 Å². The molecule has 0 heterocycles. The lowest BCUT2D eigenvalue weighted by atomic mass is 10.2. The van der Waals surface area contributed by atoms with Gasteiger partial charge in [0.2, 0.25) is 0 Å². The zero-order chi connectivity index (χ0) is 14.8. The van der Waals surface area contributed by atoms with E-state index in [-0.39, 0.29) is 13.2 Å². The molecule has 0 aliphatic carbocycles. The highest BCUT2D eigenvalue weighted by Gasteiger charge is 2.09. The Hall–Kier alpha value is -2.48. The van der Waals surface area contributed by atoms with Gasteiger partial charge in [-0.3, -0.25) is 0 Å². The fourth-order valence-electron chi connectivity index (χ4n) is 1.41. The summed E-state index contributed by atoms with van der Waals surface area (Å²) in [6.07, 6.45) is -0.494. The third kappa shape index (κ3) is 5.91. The van der Waals surface area contributed by atoms with Crippen LogP contribution in [0.4, 0.5) is 4.79 Å². The molecular weight excluding hydrogens is 258 g/mol. The number of esters is 1. The van der Waals surface area contributed by atoms with Gasteiger partial charge in [0.15, 0.2) is 6.61 Å². The minimum absolute atomic E-state index is 0.142. The highest BCUT2D eigenvalue weighted by Crippen LogP contribution is 2.03.